The van der Waals surface area contributed by atoms with Crippen LogP contribution in [0, 0.1) is 5.82 Å². The van der Waals surface area contributed by atoms with E-state index in [0.717, 1.165) is 31.2 Å². The molecular weight excluding hydrogens is 225 g/mol. The quantitative estimate of drug-likeness (QED) is 0.793. The van der Waals surface area contributed by atoms with Gasteiger partial charge in [0, 0.05) is 6.04 Å². The molecule has 86 valence electrons. The van der Waals surface area contributed by atoms with Crippen LogP contribution < -0.4 is 5.73 Å². The summed E-state index contributed by atoms with van der Waals surface area (Å²) in [7, 11) is 0. The van der Waals surface area contributed by atoms with E-state index in [9.17, 15) is 4.39 Å². The zero-order valence-corrected chi connectivity index (χ0v) is 9.80. The summed E-state index contributed by atoms with van der Waals surface area (Å²) < 4.78 is 13.2. The third-order valence-corrected chi connectivity index (χ3v) is 3.29. The molecule has 0 saturated heterocycles. The van der Waals surface area contributed by atoms with Crippen molar-refractivity contribution in [2.45, 2.75) is 31.7 Å². The van der Waals surface area contributed by atoms with Crippen molar-refractivity contribution in [2.75, 3.05) is 0 Å². The van der Waals surface area contributed by atoms with E-state index in [1.165, 1.54) is 11.6 Å². The molecule has 1 aromatic carbocycles. The van der Waals surface area contributed by atoms with Gasteiger partial charge in [-0.3, -0.25) is 0 Å². The second-order valence-electron chi connectivity index (χ2n) is 4.31. The van der Waals surface area contributed by atoms with Gasteiger partial charge in [0.15, 0.2) is 0 Å². The Hall–Kier alpha value is -0.860. The van der Waals surface area contributed by atoms with Crippen LogP contribution in [0.3, 0.4) is 0 Å². The first-order chi connectivity index (χ1) is 7.65. The van der Waals surface area contributed by atoms with Gasteiger partial charge < -0.3 is 5.73 Å². The maximum atomic E-state index is 13.2. The molecule has 3 heteroatoms. The van der Waals surface area contributed by atoms with Crippen molar-refractivity contribution in [3.8, 4) is 0 Å². The largest absolute Gasteiger partial charge is 0.328 e. The van der Waals surface area contributed by atoms with Gasteiger partial charge in [0.1, 0.15) is 5.82 Å². The number of rotatable bonds is 1. The molecule has 0 amide bonds. The molecule has 2 rings (SSSR count). The number of allylic oxidation sites excluding steroid dienone is 1. The molecule has 1 aliphatic rings. The molecule has 0 atom stereocenters. The molecule has 1 fully saturated rings. The maximum Gasteiger partial charge on any atom is 0.142 e. The molecule has 1 nitrogen and oxygen atoms in total. The molecule has 0 bridgehead atoms. The van der Waals surface area contributed by atoms with Crippen LogP contribution in [0.15, 0.2) is 23.8 Å². The summed E-state index contributed by atoms with van der Waals surface area (Å²) in [5, 5.41) is 0.174. The van der Waals surface area contributed by atoms with Gasteiger partial charge in [-0.05, 0) is 43.4 Å². The molecule has 0 unspecified atom stereocenters. The van der Waals surface area contributed by atoms with Crippen molar-refractivity contribution in [2.24, 2.45) is 5.73 Å². The Balaban J connectivity index is 2.13. The lowest BCUT2D eigenvalue weighted by Gasteiger charge is -2.20. The summed E-state index contributed by atoms with van der Waals surface area (Å²) in [5.74, 6) is -0.358. The first kappa shape index (κ1) is 11.6. The fraction of sp³-hybridized carbons (Fsp3) is 0.385. The molecule has 1 aromatic rings. The van der Waals surface area contributed by atoms with E-state index < -0.39 is 0 Å². The van der Waals surface area contributed by atoms with E-state index in [2.05, 4.69) is 0 Å². The molecular formula is C13H15ClFN. The molecule has 0 spiro atoms. The van der Waals surface area contributed by atoms with Crippen LogP contribution >= 0.6 is 11.6 Å². The number of halogens is 2. The van der Waals surface area contributed by atoms with Gasteiger partial charge in [0.25, 0.3) is 0 Å². The third-order valence-electron chi connectivity index (χ3n) is 2.99. The van der Waals surface area contributed by atoms with E-state index >= 15 is 0 Å². The van der Waals surface area contributed by atoms with Crippen LogP contribution in [0.2, 0.25) is 5.02 Å². The number of hydrogen-bond acceptors (Lipinski definition) is 1. The van der Waals surface area contributed by atoms with Crippen molar-refractivity contribution in [3.05, 3.63) is 40.2 Å². The Morgan fingerprint density at radius 3 is 2.62 bits per heavy atom. The van der Waals surface area contributed by atoms with Crippen molar-refractivity contribution in [3.63, 3.8) is 0 Å². The van der Waals surface area contributed by atoms with Crippen LogP contribution in [0.25, 0.3) is 6.08 Å². The highest BCUT2D eigenvalue weighted by atomic mass is 35.5. The van der Waals surface area contributed by atoms with Crippen LogP contribution in [-0.4, -0.2) is 6.04 Å². The number of hydrogen-bond donors (Lipinski definition) is 1. The minimum atomic E-state index is -0.358. The van der Waals surface area contributed by atoms with E-state index in [0.29, 0.717) is 6.04 Å². The molecule has 0 heterocycles. The first-order valence-corrected chi connectivity index (χ1v) is 5.93. The lowest BCUT2D eigenvalue weighted by Crippen LogP contribution is -2.23. The van der Waals surface area contributed by atoms with Crippen molar-refractivity contribution < 1.29 is 4.39 Å². The summed E-state index contributed by atoms with van der Waals surface area (Å²) in [6.07, 6.45) is 6.14. The second-order valence-corrected chi connectivity index (χ2v) is 4.72. The summed E-state index contributed by atoms with van der Waals surface area (Å²) in [6.45, 7) is 0. The molecule has 1 aliphatic carbocycles. The van der Waals surface area contributed by atoms with Gasteiger partial charge in [-0.15, -0.1) is 0 Å². The van der Waals surface area contributed by atoms with E-state index in [1.54, 1.807) is 6.07 Å². The van der Waals surface area contributed by atoms with Crippen molar-refractivity contribution in [1.29, 1.82) is 0 Å². The summed E-state index contributed by atoms with van der Waals surface area (Å²) in [4.78, 5) is 0. The van der Waals surface area contributed by atoms with Gasteiger partial charge in [0.05, 0.1) is 5.02 Å². The fourth-order valence-electron chi connectivity index (χ4n) is 1.99. The number of nitrogens with two attached hydrogens (primary N) is 1. The lowest BCUT2D eigenvalue weighted by atomic mass is 9.90. The summed E-state index contributed by atoms with van der Waals surface area (Å²) in [6, 6.07) is 5.24. The van der Waals surface area contributed by atoms with Gasteiger partial charge in [0.2, 0.25) is 0 Å². The average Bonchev–Trinajstić information content (AvgIpc) is 2.27. The van der Waals surface area contributed by atoms with E-state index in [1.807, 2.05) is 12.1 Å². The minimum Gasteiger partial charge on any atom is -0.328 e. The highest BCUT2D eigenvalue weighted by Crippen LogP contribution is 2.25. The van der Waals surface area contributed by atoms with Crippen LogP contribution in [0.5, 0.6) is 0 Å². The Labute approximate surface area is 100 Å². The smallest absolute Gasteiger partial charge is 0.142 e. The van der Waals surface area contributed by atoms with Crippen molar-refractivity contribution in [1.82, 2.24) is 0 Å². The molecule has 0 aliphatic heterocycles. The predicted octanol–water partition coefficient (Wildman–Crippen LogP) is 3.76. The summed E-state index contributed by atoms with van der Waals surface area (Å²) in [5.41, 5.74) is 8.06. The normalized spacial score (nSPS) is 20.9. The zero-order chi connectivity index (χ0) is 11.5. The standard InChI is InChI=1S/C13H15ClFN/c14-12-6-3-10(8-13(12)15)7-9-1-4-11(16)5-2-9/h3,6-8,11H,1-2,4-5,16H2. The Morgan fingerprint density at radius 1 is 1.31 bits per heavy atom. The Kier molecular flexibility index (Phi) is 3.62. The maximum absolute atomic E-state index is 13.2. The van der Waals surface area contributed by atoms with Gasteiger partial charge in [-0.25, -0.2) is 4.39 Å². The average molecular weight is 240 g/mol. The highest BCUT2D eigenvalue weighted by molar-refractivity contribution is 6.30. The van der Waals surface area contributed by atoms with E-state index in [4.69, 9.17) is 17.3 Å². The molecule has 0 aromatic heterocycles. The van der Waals surface area contributed by atoms with Crippen LogP contribution in [-0.2, 0) is 0 Å². The monoisotopic (exact) mass is 239 g/mol. The second kappa shape index (κ2) is 4.98. The number of benzene rings is 1. The van der Waals surface area contributed by atoms with Gasteiger partial charge in [-0.2, -0.15) is 0 Å². The SMILES string of the molecule is NC1CCC(=Cc2ccc(Cl)c(F)c2)CC1. The molecule has 16 heavy (non-hydrogen) atoms. The van der Waals surface area contributed by atoms with Crippen molar-refractivity contribution >= 4 is 17.7 Å². The lowest BCUT2D eigenvalue weighted by molar-refractivity contribution is 0.514. The first-order valence-electron chi connectivity index (χ1n) is 5.55. The molecule has 0 radical (unpaired) electrons. The Bertz CT molecular complexity index is 404. The Morgan fingerprint density at radius 2 is 2.00 bits per heavy atom. The zero-order valence-electron chi connectivity index (χ0n) is 9.05. The van der Waals surface area contributed by atoms with E-state index in [-0.39, 0.29) is 10.8 Å². The molecule has 1 saturated carbocycles. The highest BCUT2D eigenvalue weighted by Gasteiger charge is 2.12. The minimum absolute atomic E-state index is 0.174. The molecule has 2 N–H and O–H groups in total. The van der Waals surface area contributed by atoms with Gasteiger partial charge in [-0.1, -0.05) is 29.3 Å². The van der Waals surface area contributed by atoms with Gasteiger partial charge >= 0.3 is 0 Å². The third kappa shape index (κ3) is 2.83. The van der Waals surface area contributed by atoms with Crippen LogP contribution in [0.4, 0.5) is 4.39 Å². The topological polar surface area (TPSA) is 26.0 Å². The predicted molar refractivity (Wildman–Crippen MR) is 65.8 cm³/mol. The summed E-state index contributed by atoms with van der Waals surface area (Å²) >= 11 is 5.63. The van der Waals surface area contributed by atoms with Crippen LogP contribution in [0.1, 0.15) is 31.2 Å². The fourth-order valence-corrected chi connectivity index (χ4v) is 2.11.